The standard InChI is InChI=1S/C13H11FN2O3S/c1-6-5-8(3-4-9(6)14)11(17)15-12-10(13(18)19)7(2)16-20-12/h3-5H,1-2H3,(H,15,17)(H,18,19). The number of hydrogen-bond donors (Lipinski definition) is 2. The fourth-order valence-electron chi connectivity index (χ4n) is 1.67. The number of nitrogens with one attached hydrogen (secondary N) is 1. The molecule has 0 radical (unpaired) electrons. The maximum atomic E-state index is 13.1. The number of carbonyl (C=O) groups is 2. The Labute approximate surface area is 118 Å². The van der Waals surface area contributed by atoms with Crippen molar-refractivity contribution in [2.75, 3.05) is 5.32 Å². The van der Waals surface area contributed by atoms with Crippen LogP contribution < -0.4 is 5.32 Å². The topological polar surface area (TPSA) is 79.3 Å². The molecule has 20 heavy (non-hydrogen) atoms. The maximum Gasteiger partial charge on any atom is 0.340 e. The molecule has 7 heteroatoms. The summed E-state index contributed by atoms with van der Waals surface area (Å²) in [4.78, 5) is 23.1. The van der Waals surface area contributed by atoms with Gasteiger partial charge in [0, 0.05) is 5.56 Å². The monoisotopic (exact) mass is 294 g/mol. The highest BCUT2D eigenvalue weighted by Gasteiger charge is 2.19. The number of carboxylic acid groups (broad SMARTS) is 1. The van der Waals surface area contributed by atoms with E-state index in [0.717, 1.165) is 11.5 Å². The molecule has 0 aliphatic rings. The van der Waals surface area contributed by atoms with Crippen molar-refractivity contribution >= 4 is 28.4 Å². The summed E-state index contributed by atoms with van der Waals surface area (Å²) in [6.07, 6.45) is 0. The van der Waals surface area contributed by atoms with Gasteiger partial charge in [-0.2, -0.15) is 4.37 Å². The van der Waals surface area contributed by atoms with Crippen LogP contribution in [-0.2, 0) is 0 Å². The lowest BCUT2D eigenvalue weighted by Crippen LogP contribution is -2.14. The summed E-state index contributed by atoms with van der Waals surface area (Å²) in [7, 11) is 0. The Morgan fingerprint density at radius 2 is 2.05 bits per heavy atom. The van der Waals surface area contributed by atoms with Crippen LogP contribution in [0.25, 0.3) is 0 Å². The van der Waals surface area contributed by atoms with E-state index in [9.17, 15) is 14.0 Å². The van der Waals surface area contributed by atoms with Crippen molar-refractivity contribution in [3.8, 4) is 0 Å². The van der Waals surface area contributed by atoms with Gasteiger partial charge in [0.1, 0.15) is 16.4 Å². The molecule has 0 unspecified atom stereocenters. The van der Waals surface area contributed by atoms with Crippen LogP contribution in [0.2, 0.25) is 0 Å². The van der Waals surface area contributed by atoms with Crippen LogP contribution in [-0.4, -0.2) is 21.4 Å². The molecule has 104 valence electrons. The highest BCUT2D eigenvalue weighted by atomic mass is 32.1. The van der Waals surface area contributed by atoms with E-state index in [-0.39, 0.29) is 16.1 Å². The largest absolute Gasteiger partial charge is 0.478 e. The van der Waals surface area contributed by atoms with Crippen LogP contribution in [0, 0.1) is 19.7 Å². The number of carboxylic acids is 1. The zero-order chi connectivity index (χ0) is 14.9. The third-order valence-electron chi connectivity index (χ3n) is 2.72. The van der Waals surface area contributed by atoms with E-state index in [1.54, 1.807) is 13.8 Å². The highest BCUT2D eigenvalue weighted by molar-refractivity contribution is 7.11. The Balaban J connectivity index is 2.28. The van der Waals surface area contributed by atoms with Gasteiger partial charge >= 0.3 is 5.97 Å². The minimum Gasteiger partial charge on any atom is -0.478 e. The molecule has 1 aromatic carbocycles. The molecule has 0 atom stereocenters. The lowest BCUT2D eigenvalue weighted by Gasteiger charge is -2.05. The molecule has 0 spiro atoms. The second-order valence-corrected chi connectivity index (χ2v) is 4.97. The molecule has 1 aromatic heterocycles. The molecule has 1 amide bonds. The number of nitrogens with zero attached hydrogens (tertiary/aromatic N) is 1. The van der Waals surface area contributed by atoms with E-state index in [1.807, 2.05) is 0 Å². The Morgan fingerprint density at radius 3 is 2.65 bits per heavy atom. The Hall–Kier alpha value is -2.28. The van der Waals surface area contributed by atoms with Crippen molar-refractivity contribution in [2.45, 2.75) is 13.8 Å². The van der Waals surface area contributed by atoms with Gasteiger partial charge in [-0.05, 0) is 49.1 Å². The first-order chi connectivity index (χ1) is 9.40. The molecule has 2 rings (SSSR count). The van der Waals surface area contributed by atoms with Crippen LogP contribution in [0.3, 0.4) is 0 Å². The molecule has 1 heterocycles. The van der Waals surface area contributed by atoms with Gasteiger partial charge in [-0.15, -0.1) is 0 Å². The van der Waals surface area contributed by atoms with Crippen molar-refractivity contribution < 1.29 is 19.1 Å². The summed E-state index contributed by atoms with van der Waals surface area (Å²) >= 11 is 0.898. The predicted molar refractivity (Wildman–Crippen MR) is 72.9 cm³/mol. The Morgan fingerprint density at radius 1 is 1.35 bits per heavy atom. The number of aryl methyl sites for hydroxylation is 2. The van der Waals surface area contributed by atoms with E-state index >= 15 is 0 Å². The quantitative estimate of drug-likeness (QED) is 0.912. The molecule has 0 bridgehead atoms. The molecule has 0 fully saturated rings. The Kier molecular flexibility index (Phi) is 3.80. The molecule has 2 N–H and O–H groups in total. The fraction of sp³-hybridized carbons (Fsp3) is 0.154. The SMILES string of the molecule is Cc1cc(C(=O)Nc2snc(C)c2C(=O)O)ccc1F. The molecule has 0 saturated heterocycles. The lowest BCUT2D eigenvalue weighted by molar-refractivity contribution is 0.0697. The number of halogens is 1. The van der Waals surface area contributed by atoms with Crippen LogP contribution in [0.1, 0.15) is 32.0 Å². The predicted octanol–water partition coefficient (Wildman–Crippen LogP) is 2.85. The van der Waals surface area contributed by atoms with Gasteiger partial charge in [0.25, 0.3) is 5.91 Å². The number of carbonyl (C=O) groups excluding carboxylic acids is 1. The van der Waals surface area contributed by atoms with Crippen LogP contribution >= 0.6 is 11.5 Å². The van der Waals surface area contributed by atoms with Crippen molar-refractivity contribution in [3.05, 3.63) is 46.4 Å². The highest BCUT2D eigenvalue weighted by Crippen LogP contribution is 2.25. The summed E-state index contributed by atoms with van der Waals surface area (Å²) in [5, 5.41) is 11.7. The smallest absolute Gasteiger partial charge is 0.340 e. The molecule has 0 aliphatic heterocycles. The van der Waals surface area contributed by atoms with E-state index in [2.05, 4.69) is 9.69 Å². The van der Waals surface area contributed by atoms with Crippen LogP contribution in [0.15, 0.2) is 18.2 Å². The summed E-state index contributed by atoms with van der Waals surface area (Å²) in [5.41, 5.74) is 0.915. The number of rotatable bonds is 3. The minimum atomic E-state index is -1.15. The van der Waals surface area contributed by atoms with E-state index in [1.165, 1.54) is 18.2 Å². The van der Waals surface area contributed by atoms with Crippen LogP contribution in [0.4, 0.5) is 9.39 Å². The van der Waals surface area contributed by atoms with Gasteiger partial charge in [0.2, 0.25) is 0 Å². The second-order valence-electron chi connectivity index (χ2n) is 4.20. The normalized spacial score (nSPS) is 10.3. The third-order valence-corrected chi connectivity index (χ3v) is 3.58. The Bertz CT molecular complexity index is 697. The minimum absolute atomic E-state index is 0.0258. The number of benzene rings is 1. The summed E-state index contributed by atoms with van der Waals surface area (Å²) in [5.74, 6) is -2.05. The number of amides is 1. The van der Waals surface area contributed by atoms with Crippen molar-refractivity contribution in [1.82, 2.24) is 4.37 Å². The molecule has 0 aliphatic carbocycles. The fourth-order valence-corrected chi connectivity index (χ4v) is 2.45. The zero-order valence-electron chi connectivity index (χ0n) is 10.7. The molecular weight excluding hydrogens is 283 g/mol. The van der Waals surface area contributed by atoms with Gasteiger partial charge in [0.05, 0.1) is 5.69 Å². The first kappa shape index (κ1) is 14.1. The third kappa shape index (κ3) is 2.67. The number of aromatic nitrogens is 1. The molecule has 0 saturated carbocycles. The summed E-state index contributed by atoms with van der Waals surface area (Å²) < 4.78 is 17.0. The molecule has 5 nitrogen and oxygen atoms in total. The summed E-state index contributed by atoms with van der Waals surface area (Å²) in [6.45, 7) is 3.10. The zero-order valence-corrected chi connectivity index (χ0v) is 11.5. The van der Waals surface area contributed by atoms with Crippen LogP contribution in [0.5, 0.6) is 0 Å². The van der Waals surface area contributed by atoms with Gasteiger partial charge in [-0.25, -0.2) is 9.18 Å². The number of hydrogen-bond acceptors (Lipinski definition) is 4. The second kappa shape index (κ2) is 5.38. The molecule has 2 aromatic rings. The average Bonchev–Trinajstić information content (AvgIpc) is 2.73. The number of anilines is 1. The van der Waals surface area contributed by atoms with Crippen molar-refractivity contribution in [2.24, 2.45) is 0 Å². The van der Waals surface area contributed by atoms with E-state index < -0.39 is 17.7 Å². The summed E-state index contributed by atoms with van der Waals surface area (Å²) in [6, 6.07) is 3.94. The van der Waals surface area contributed by atoms with Crippen molar-refractivity contribution in [3.63, 3.8) is 0 Å². The van der Waals surface area contributed by atoms with Gasteiger partial charge < -0.3 is 10.4 Å². The average molecular weight is 294 g/mol. The van der Waals surface area contributed by atoms with Gasteiger partial charge in [-0.1, -0.05) is 0 Å². The van der Waals surface area contributed by atoms with E-state index in [4.69, 9.17) is 5.11 Å². The first-order valence-electron chi connectivity index (χ1n) is 5.67. The first-order valence-corrected chi connectivity index (χ1v) is 6.44. The number of aromatic carboxylic acids is 1. The lowest BCUT2D eigenvalue weighted by atomic mass is 10.1. The van der Waals surface area contributed by atoms with Gasteiger partial charge in [-0.3, -0.25) is 4.79 Å². The maximum absolute atomic E-state index is 13.1. The van der Waals surface area contributed by atoms with Crippen molar-refractivity contribution in [1.29, 1.82) is 0 Å². The molecular formula is C13H11FN2O3S. The van der Waals surface area contributed by atoms with E-state index in [0.29, 0.717) is 11.3 Å². The van der Waals surface area contributed by atoms with Gasteiger partial charge in [0.15, 0.2) is 0 Å².